The number of amides is 1. The maximum absolute atomic E-state index is 13.3. The molecule has 1 aliphatic heterocycles. The zero-order valence-corrected chi connectivity index (χ0v) is 14.3. The van der Waals surface area contributed by atoms with Gasteiger partial charge in [0.2, 0.25) is 5.91 Å². The fourth-order valence-corrected chi connectivity index (χ4v) is 4.44. The molecule has 1 fully saturated rings. The predicted octanol–water partition coefficient (Wildman–Crippen LogP) is 1.34. The van der Waals surface area contributed by atoms with Crippen molar-refractivity contribution in [2.24, 2.45) is 0 Å². The maximum atomic E-state index is 13.3. The van der Waals surface area contributed by atoms with Gasteiger partial charge in [0.1, 0.15) is 5.82 Å². The Morgan fingerprint density at radius 2 is 2.00 bits per heavy atom. The van der Waals surface area contributed by atoms with Gasteiger partial charge in [0.15, 0.2) is 14.6 Å². The summed E-state index contributed by atoms with van der Waals surface area (Å²) in [5.74, 6) is -0.751. The first-order valence-corrected chi connectivity index (χ1v) is 9.63. The van der Waals surface area contributed by atoms with Crippen molar-refractivity contribution in [3.05, 3.63) is 35.6 Å². The van der Waals surface area contributed by atoms with Crippen molar-refractivity contribution in [2.45, 2.75) is 31.1 Å². The van der Waals surface area contributed by atoms with Gasteiger partial charge in [0.25, 0.3) is 0 Å². The Morgan fingerprint density at radius 1 is 1.35 bits per heavy atom. The van der Waals surface area contributed by atoms with Crippen LogP contribution in [0.3, 0.4) is 0 Å². The summed E-state index contributed by atoms with van der Waals surface area (Å²) in [6.07, 6.45) is 1.67. The quantitative estimate of drug-likeness (QED) is 0.877. The number of sulfone groups is 1. The molecule has 0 radical (unpaired) electrons. The largest absolute Gasteiger partial charge is 0.337 e. The molecule has 0 unspecified atom stereocenters. The molecule has 0 aliphatic carbocycles. The van der Waals surface area contributed by atoms with Crippen molar-refractivity contribution in [3.8, 4) is 0 Å². The van der Waals surface area contributed by atoms with Crippen LogP contribution in [0.4, 0.5) is 4.39 Å². The van der Waals surface area contributed by atoms with Gasteiger partial charge in [-0.25, -0.2) is 12.8 Å². The van der Waals surface area contributed by atoms with Crippen LogP contribution in [0.15, 0.2) is 24.3 Å². The summed E-state index contributed by atoms with van der Waals surface area (Å²) in [5.41, 5.74) is 0.651. The molecule has 1 aromatic rings. The van der Waals surface area contributed by atoms with Gasteiger partial charge in [0.05, 0.1) is 0 Å². The number of nitrogens with one attached hydrogen (secondary N) is 1. The van der Waals surface area contributed by atoms with Gasteiger partial charge < -0.3 is 10.2 Å². The summed E-state index contributed by atoms with van der Waals surface area (Å²) in [6, 6.07) is 6.02. The Kier molecular flexibility index (Phi) is 5.41. The first-order chi connectivity index (χ1) is 10.8. The third-order valence-electron chi connectivity index (χ3n) is 4.44. The van der Waals surface area contributed by atoms with Gasteiger partial charge in [-0.15, -0.1) is 0 Å². The number of hydrogen-bond acceptors (Lipinski definition) is 4. The van der Waals surface area contributed by atoms with E-state index in [1.165, 1.54) is 17.0 Å². The van der Waals surface area contributed by atoms with Crippen LogP contribution in [0.2, 0.25) is 0 Å². The third-order valence-corrected chi connectivity index (χ3v) is 6.44. The number of carbonyl (C=O) groups excluding carboxylic acids is 1. The normalized spacial score (nSPS) is 17.7. The molecule has 1 aliphatic rings. The van der Waals surface area contributed by atoms with Gasteiger partial charge >= 0.3 is 0 Å². The first kappa shape index (κ1) is 17.9. The molecule has 7 heteroatoms. The predicted molar refractivity (Wildman–Crippen MR) is 87.2 cm³/mol. The highest BCUT2D eigenvalue weighted by molar-refractivity contribution is 7.92. The molecule has 0 saturated carbocycles. The number of rotatable bonds is 5. The summed E-state index contributed by atoms with van der Waals surface area (Å²) < 4.78 is 36.6. The van der Waals surface area contributed by atoms with E-state index in [4.69, 9.17) is 0 Å². The Labute approximate surface area is 136 Å². The van der Waals surface area contributed by atoms with Gasteiger partial charge in [-0.1, -0.05) is 12.1 Å². The highest BCUT2D eigenvalue weighted by Crippen LogP contribution is 2.30. The standard InChI is InChI=1S/C16H23FN2O3S/c1-3-19(12-13-5-4-6-14(17)11-13)15(20)16(23(2,21)22)7-9-18-10-8-16/h4-6,11,18H,3,7-10,12H2,1-2H3. The summed E-state index contributed by atoms with van der Waals surface area (Å²) in [6.45, 7) is 3.37. The van der Waals surface area contributed by atoms with Crippen molar-refractivity contribution in [1.82, 2.24) is 10.2 Å². The molecule has 1 saturated heterocycles. The number of piperidine rings is 1. The van der Waals surface area contributed by atoms with E-state index in [9.17, 15) is 17.6 Å². The molecule has 5 nitrogen and oxygen atoms in total. The van der Waals surface area contributed by atoms with Gasteiger partial charge in [0, 0.05) is 19.3 Å². The number of hydrogen-bond donors (Lipinski definition) is 1. The summed E-state index contributed by atoms with van der Waals surface area (Å²) in [4.78, 5) is 14.5. The van der Waals surface area contributed by atoms with E-state index in [2.05, 4.69) is 5.32 Å². The van der Waals surface area contributed by atoms with Crippen LogP contribution in [-0.2, 0) is 21.2 Å². The van der Waals surface area contributed by atoms with Crippen molar-refractivity contribution in [3.63, 3.8) is 0 Å². The van der Waals surface area contributed by atoms with Crippen LogP contribution in [0, 0.1) is 5.82 Å². The van der Waals surface area contributed by atoms with Crippen LogP contribution in [0.25, 0.3) is 0 Å². The van der Waals surface area contributed by atoms with Gasteiger partial charge in [-0.2, -0.15) is 0 Å². The van der Waals surface area contributed by atoms with E-state index in [0.717, 1.165) is 6.26 Å². The number of benzene rings is 1. The van der Waals surface area contributed by atoms with E-state index >= 15 is 0 Å². The van der Waals surface area contributed by atoms with Crippen LogP contribution in [-0.4, -0.2) is 49.9 Å². The Morgan fingerprint density at radius 3 is 2.52 bits per heavy atom. The molecule has 0 bridgehead atoms. The number of nitrogens with zero attached hydrogens (tertiary/aromatic N) is 1. The minimum Gasteiger partial charge on any atom is -0.337 e. The topological polar surface area (TPSA) is 66.5 Å². The fraction of sp³-hybridized carbons (Fsp3) is 0.562. The molecule has 23 heavy (non-hydrogen) atoms. The first-order valence-electron chi connectivity index (χ1n) is 7.74. The van der Waals surface area contributed by atoms with Crippen LogP contribution < -0.4 is 5.32 Å². The molecule has 2 rings (SSSR count). The van der Waals surface area contributed by atoms with Crippen LogP contribution >= 0.6 is 0 Å². The Balaban J connectivity index is 2.30. The SMILES string of the molecule is CCN(Cc1cccc(F)c1)C(=O)C1(S(C)(=O)=O)CCNCC1. The van der Waals surface area contributed by atoms with Crippen molar-refractivity contribution in [2.75, 3.05) is 25.9 Å². The molecule has 1 amide bonds. The maximum Gasteiger partial charge on any atom is 0.244 e. The van der Waals surface area contributed by atoms with Gasteiger partial charge in [-0.05, 0) is 50.6 Å². The van der Waals surface area contributed by atoms with E-state index < -0.39 is 14.6 Å². The van der Waals surface area contributed by atoms with Gasteiger partial charge in [-0.3, -0.25) is 4.79 Å². The third kappa shape index (κ3) is 3.72. The fourth-order valence-electron chi connectivity index (χ4n) is 3.04. The average Bonchev–Trinajstić information content (AvgIpc) is 2.51. The minimum absolute atomic E-state index is 0.206. The lowest BCUT2D eigenvalue weighted by atomic mass is 9.95. The smallest absolute Gasteiger partial charge is 0.244 e. The molecule has 1 N–H and O–H groups in total. The molecular weight excluding hydrogens is 319 g/mol. The summed E-state index contributed by atoms with van der Waals surface area (Å²) in [5, 5.41) is 3.10. The van der Waals surface area contributed by atoms with Crippen LogP contribution in [0.5, 0.6) is 0 Å². The van der Waals surface area contributed by atoms with Crippen molar-refractivity contribution in [1.29, 1.82) is 0 Å². The molecule has 1 aromatic carbocycles. The molecule has 0 aromatic heterocycles. The summed E-state index contributed by atoms with van der Waals surface area (Å²) >= 11 is 0. The average molecular weight is 342 g/mol. The molecule has 128 valence electrons. The van der Waals surface area contributed by atoms with E-state index in [1.54, 1.807) is 19.1 Å². The minimum atomic E-state index is -3.55. The van der Waals surface area contributed by atoms with Crippen molar-refractivity contribution < 1.29 is 17.6 Å². The number of halogens is 1. The van der Waals surface area contributed by atoms with E-state index in [-0.39, 0.29) is 31.1 Å². The molecular formula is C16H23FN2O3S. The molecule has 0 spiro atoms. The van der Waals surface area contributed by atoms with E-state index in [0.29, 0.717) is 25.2 Å². The highest BCUT2D eigenvalue weighted by atomic mass is 32.2. The Bertz CT molecular complexity index is 670. The lowest BCUT2D eigenvalue weighted by Crippen LogP contribution is -2.58. The lowest BCUT2D eigenvalue weighted by molar-refractivity contribution is -0.135. The zero-order chi connectivity index (χ0) is 17.1. The monoisotopic (exact) mass is 342 g/mol. The second-order valence-corrected chi connectivity index (χ2v) is 8.29. The summed E-state index contributed by atoms with van der Waals surface area (Å²) in [7, 11) is -3.55. The second kappa shape index (κ2) is 6.97. The van der Waals surface area contributed by atoms with Crippen molar-refractivity contribution >= 4 is 15.7 Å². The second-order valence-electron chi connectivity index (χ2n) is 5.97. The van der Waals surface area contributed by atoms with Crippen LogP contribution in [0.1, 0.15) is 25.3 Å². The lowest BCUT2D eigenvalue weighted by Gasteiger charge is -2.38. The number of carbonyl (C=O) groups is 1. The van der Waals surface area contributed by atoms with E-state index in [1.807, 2.05) is 0 Å². The highest BCUT2D eigenvalue weighted by Gasteiger charge is 2.50. The molecule has 0 atom stereocenters. The molecule has 1 heterocycles. The Hall–Kier alpha value is -1.47. The zero-order valence-electron chi connectivity index (χ0n) is 13.5.